The number of hydrogen-bond acceptors (Lipinski definition) is 4. The second-order valence-corrected chi connectivity index (χ2v) is 10.3. The molecule has 2 saturated carbocycles. The number of ether oxygens (including phenoxy) is 1. The van der Waals surface area contributed by atoms with Crippen LogP contribution in [0.1, 0.15) is 62.8 Å². The number of nitrogens with one attached hydrogen (secondary N) is 1. The Bertz CT molecular complexity index is 723. The molecule has 4 fully saturated rings. The van der Waals surface area contributed by atoms with Crippen molar-refractivity contribution in [3.05, 3.63) is 35.9 Å². The Morgan fingerprint density at radius 3 is 2.57 bits per heavy atom. The minimum Gasteiger partial charge on any atom is -0.481 e. The van der Waals surface area contributed by atoms with Crippen molar-refractivity contribution in [2.45, 2.75) is 75.0 Å². The van der Waals surface area contributed by atoms with Crippen molar-refractivity contribution in [3.8, 4) is 0 Å². The Balaban J connectivity index is 1.04. The number of carboxylic acid groups (broad SMARTS) is 1. The normalized spacial score (nSPS) is 36.1. The van der Waals surface area contributed by atoms with Crippen LogP contribution in [0.15, 0.2) is 30.3 Å². The molecule has 1 spiro atoms. The van der Waals surface area contributed by atoms with Crippen LogP contribution in [0.5, 0.6) is 0 Å². The van der Waals surface area contributed by atoms with Gasteiger partial charge in [-0.2, -0.15) is 0 Å². The topological polar surface area (TPSA) is 61.8 Å². The summed E-state index contributed by atoms with van der Waals surface area (Å²) in [5.41, 5.74) is 1.56. The molecule has 2 aliphatic heterocycles. The summed E-state index contributed by atoms with van der Waals surface area (Å²) >= 11 is 0. The zero-order chi connectivity index (χ0) is 20.6. The Labute approximate surface area is 180 Å². The molecule has 164 valence electrons. The predicted octanol–water partition coefficient (Wildman–Crippen LogP) is 3.65. The highest BCUT2D eigenvalue weighted by atomic mass is 16.5. The summed E-state index contributed by atoms with van der Waals surface area (Å²) < 4.78 is 6.39. The molecule has 2 saturated heterocycles. The largest absolute Gasteiger partial charge is 0.481 e. The van der Waals surface area contributed by atoms with Crippen molar-refractivity contribution in [3.63, 3.8) is 0 Å². The van der Waals surface area contributed by atoms with Crippen LogP contribution in [0.4, 0.5) is 0 Å². The number of rotatable bonds is 6. The maximum atomic E-state index is 11.2. The van der Waals surface area contributed by atoms with Crippen molar-refractivity contribution in [2.24, 2.45) is 11.8 Å². The van der Waals surface area contributed by atoms with E-state index in [-0.39, 0.29) is 11.5 Å². The zero-order valence-electron chi connectivity index (χ0n) is 18.0. The van der Waals surface area contributed by atoms with Crippen LogP contribution in [0.3, 0.4) is 0 Å². The van der Waals surface area contributed by atoms with Gasteiger partial charge in [-0.3, -0.25) is 4.79 Å². The van der Waals surface area contributed by atoms with Gasteiger partial charge in [-0.1, -0.05) is 30.3 Å². The van der Waals surface area contributed by atoms with E-state index < -0.39 is 5.97 Å². The predicted molar refractivity (Wildman–Crippen MR) is 117 cm³/mol. The smallest absolute Gasteiger partial charge is 0.306 e. The molecular weight excluding hydrogens is 376 g/mol. The van der Waals surface area contributed by atoms with Crippen LogP contribution in [0.25, 0.3) is 0 Å². The van der Waals surface area contributed by atoms with E-state index in [2.05, 4.69) is 40.5 Å². The van der Waals surface area contributed by atoms with Crippen molar-refractivity contribution in [2.75, 3.05) is 26.2 Å². The van der Waals surface area contributed by atoms with Gasteiger partial charge < -0.3 is 20.1 Å². The Morgan fingerprint density at radius 1 is 1.13 bits per heavy atom. The number of aliphatic carboxylic acids is 1. The third-order valence-electron chi connectivity index (χ3n) is 8.16. The molecule has 5 heteroatoms. The fraction of sp³-hybridized carbons (Fsp3) is 0.720. The molecular formula is C25H36N2O3. The van der Waals surface area contributed by atoms with Crippen molar-refractivity contribution in [1.82, 2.24) is 10.2 Å². The standard InChI is InChI=1S/C25H36N2O3/c28-24(29)20-8-6-18(7-9-20)16-27-12-10-25(11-13-27)15-21(17-30-25)26-23-14-22(23)19-4-2-1-3-5-19/h1-5,18,20-23,26H,6-17H2,(H,28,29)/t18-,20-,21?,22-,23+/m0/s1. The first-order chi connectivity index (χ1) is 14.6. The lowest BCUT2D eigenvalue weighted by atomic mass is 9.81. The molecule has 0 aromatic heterocycles. The number of carboxylic acids is 1. The molecule has 5 rings (SSSR count). The van der Waals surface area contributed by atoms with Crippen LogP contribution in [-0.2, 0) is 9.53 Å². The number of nitrogens with zero attached hydrogens (tertiary/aromatic N) is 1. The van der Waals surface area contributed by atoms with Gasteiger partial charge in [0.25, 0.3) is 0 Å². The fourth-order valence-electron chi connectivity index (χ4n) is 6.15. The summed E-state index contributed by atoms with van der Waals surface area (Å²) in [6, 6.07) is 12.0. The lowest BCUT2D eigenvalue weighted by Crippen LogP contribution is -2.46. The highest BCUT2D eigenvalue weighted by Gasteiger charge is 2.46. The molecule has 1 aromatic rings. The van der Waals surface area contributed by atoms with Crippen molar-refractivity contribution in [1.29, 1.82) is 0 Å². The molecule has 0 amide bonds. The van der Waals surface area contributed by atoms with E-state index in [0.29, 0.717) is 23.9 Å². The van der Waals surface area contributed by atoms with Gasteiger partial charge >= 0.3 is 5.97 Å². The highest BCUT2D eigenvalue weighted by Crippen LogP contribution is 2.43. The van der Waals surface area contributed by atoms with Gasteiger partial charge in [0, 0.05) is 37.6 Å². The van der Waals surface area contributed by atoms with Crippen molar-refractivity contribution >= 4 is 5.97 Å². The molecule has 2 aliphatic carbocycles. The van der Waals surface area contributed by atoms with Gasteiger partial charge in [0.2, 0.25) is 0 Å². The first-order valence-electron chi connectivity index (χ1n) is 12.0. The van der Waals surface area contributed by atoms with Crippen LogP contribution < -0.4 is 5.32 Å². The average Bonchev–Trinajstić information content (AvgIpc) is 3.43. The quantitative estimate of drug-likeness (QED) is 0.747. The molecule has 3 atom stereocenters. The molecule has 2 N–H and O–H groups in total. The van der Waals surface area contributed by atoms with Gasteiger partial charge in [0.05, 0.1) is 18.1 Å². The van der Waals surface area contributed by atoms with Gasteiger partial charge in [0.15, 0.2) is 0 Å². The monoisotopic (exact) mass is 412 g/mol. The Kier molecular flexibility index (Phi) is 5.87. The summed E-state index contributed by atoms with van der Waals surface area (Å²) in [5, 5.41) is 13.1. The SMILES string of the molecule is O=C(O)[C@H]1CC[C@H](CN2CCC3(CC2)CC(N[C@@H]2C[C@H]2c2ccccc2)CO3)CC1. The van der Waals surface area contributed by atoms with E-state index in [9.17, 15) is 9.90 Å². The average molecular weight is 413 g/mol. The van der Waals surface area contributed by atoms with E-state index in [1.807, 2.05) is 0 Å². The summed E-state index contributed by atoms with van der Waals surface area (Å²) in [5.74, 6) is 0.658. The molecule has 0 radical (unpaired) electrons. The molecule has 5 nitrogen and oxygen atoms in total. The van der Waals surface area contributed by atoms with E-state index in [1.165, 1.54) is 12.0 Å². The first kappa shape index (κ1) is 20.5. The molecule has 1 unspecified atom stereocenters. The third-order valence-corrected chi connectivity index (χ3v) is 8.16. The van der Waals surface area contributed by atoms with E-state index in [1.54, 1.807) is 0 Å². The van der Waals surface area contributed by atoms with E-state index in [0.717, 1.165) is 71.2 Å². The molecule has 30 heavy (non-hydrogen) atoms. The maximum absolute atomic E-state index is 11.2. The zero-order valence-corrected chi connectivity index (χ0v) is 18.0. The fourth-order valence-corrected chi connectivity index (χ4v) is 6.15. The minimum absolute atomic E-state index is 0.0896. The van der Waals surface area contributed by atoms with Gasteiger partial charge in [-0.15, -0.1) is 0 Å². The molecule has 4 aliphatic rings. The van der Waals surface area contributed by atoms with Gasteiger partial charge in [-0.05, 0) is 62.8 Å². The number of benzene rings is 1. The second kappa shape index (κ2) is 8.60. The van der Waals surface area contributed by atoms with E-state index in [4.69, 9.17) is 4.74 Å². The Hall–Kier alpha value is -1.43. The van der Waals surface area contributed by atoms with Crippen molar-refractivity contribution < 1.29 is 14.6 Å². The van der Waals surface area contributed by atoms with Crippen LogP contribution >= 0.6 is 0 Å². The third kappa shape index (κ3) is 4.58. The lowest BCUT2D eigenvalue weighted by Gasteiger charge is -2.40. The first-order valence-corrected chi connectivity index (χ1v) is 12.0. The number of likely N-dealkylation sites (tertiary alicyclic amines) is 1. The summed E-state index contributed by atoms with van der Waals surface area (Å²) in [7, 11) is 0. The summed E-state index contributed by atoms with van der Waals surface area (Å²) in [4.78, 5) is 13.8. The maximum Gasteiger partial charge on any atom is 0.306 e. The Morgan fingerprint density at radius 2 is 1.87 bits per heavy atom. The number of carbonyl (C=O) groups is 1. The lowest BCUT2D eigenvalue weighted by molar-refractivity contribution is -0.143. The van der Waals surface area contributed by atoms with Crippen LogP contribution in [0.2, 0.25) is 0 Å². The highest BCUT2D eigenvalue weighted by molar-refractivity contribution is 5.69. The molecule has 1 aromatic carbocycles. The van der Waals surface area contributed by atoms with Gasteiger partial charge in [0.1, 0.15) is 0 Å². The molecule has 0 bridgehead atoms. The number of piperidine rings is 1. The van der Waals surface area contributed by atoms with Crippen LogP contribution in [0, 0.1) is 11.8 Å². The second-order valence-electron chi connectivity index (χ2n) is 10.3. The van der Waals surface area contributed by atoms with E-state index >= 15 is 0 Å². The molecule has 2 heterocycles. The van der Waals surface area contributed by atoms with Gasteiger partial charge in [-0.25, -0.2) is 0 Å². The number of hydrogen-bond donors (Lipinski definition) is 2. The van der Waals surface area contributed by atoms with Crippen LogP contribution in [-0.4, -0.2) is 59.9 Å². The summed E-state index contributed by atoms with van der Waals surface area (Å²) in [6.45, 7) is 4.26. The summed E-state index contributed by atoms with van der Waals surface area (Å²) in [6.07, 6.45) is 8.56. The minimum atomic E-state index is -0.601.